The number of hydrogen-bond acceptors (Lipinski definition) is 8. The van der Waals surface area contributed by atoms with Crippen molar-refractivity contribution in [1.29, 1.82) is 0 Å². The summed E-state index contributed by atoms with van der Waals surface area (Å²) in [6, 6.07) is 5.30. The molecule has 1 fully saturated rings. The summed E-state index contributed by atoms with van der Waals surface area (Å²) >= 11 is 0. The van der Waals surface area contributed by atoms with Crippen molar-refractivity contribution in [3.8, 4) is 16.9 Å². The van der Waals surface area contributed by atoms with Gasteiger partial charge in [0.25, 0.3) is 11.5 Å². The summed E-state index contributed by atoms with van der Waals surface area (Å²) in [6.07, 6.45) is 4.20. The Hall–Kier alpha value is -4.47. The van der Waals surface area contributed by atoms with Crippen LogP contribution in [0.15, 0.2) is 59.8 Å². The van der Waals surface area contributed by atoms with Crippen molar-refractivity contribution in [1.82, 2.24) is 35.1 Å². The fraction of sp³-hybridized carbons (Fsp3) is 0.280. The van der Waals surface area contributed by atoms with Crippen molar-refractivity contribution in [2.75, 3.05) is 18.2 Å². The van der Waals surface area contributed by atoms with E-state index < -0.39 is 57.4 Å². The van der Waals surface area contributed by atoms with Gasteiger partial charge in [0, 0.05) is 23.4 Å². The molecule has 1 saturated heterocycles. The fourth-order valence-electron chi connectivity index (χ4n) is 4.39. The molecule has 214 valence electrons. The minimum absolute atomic E-state index is 0.0838. The predicted octanol–water partition coefficient (Wildman–Crippen LogP) is 2.55. The Morgan fingerprint density at radius 1 is 1.17 bits per heavy atom. The molecule has 41 heavy (non-hydrogen) atoms. The number of benzene rings is 1. The van der Waals surface area contributed by atoms with Crippen LogP contribution in [0.2, 0.25) is 0 Å². The number of rotatable bonds is 8. The Morgan fingerprint density at radius 2 is 1.93 bits per heavy atom. The standard InChI is InChI=1S/C25H21F4N7O4S/c1-14(18-3-2-4-19(23(18)27)25(28,29)13-26)32-24(38)20-5-6-22(37)36(33-20)16-7-15(8-30-9-16)21-10-31-34-35(21)17-11-41(39,40)12-17/h2-10,14,17H,11-13H2,1H3,(H,32,38)/t14-/m1/s1. The van der Waals surface area contributed by atoms with Crippen LogP contribution in [-0.4, -0.2) is 62.3 Å². The predicted molar refractivity (Wildman–Crippen MR) is 136 cm³/mol. The highest BCUT2D eigenvalue weighted by atomic mass is 32.2. The molecule has 0 unspecified atom stereocenters. The Kier molecular flexibility index (Phi) is 7.19. The number of alkyl halides is 3. The number of carbonyl (C=O) groups excluding carboxylic acids is 1. The van der Waals surface area contributed by atoms with Gasteiger partial charge in [0.05, 0.1) is 52.9 Å². The Labute approximate surface area is 229 Å². The topological polar surface area (TPSA) is 142 Å². The van der Waals surface area contributed by atoms with Gasteiger partial charge in [-0.1, -0.05) is 17.3 Å². The van der Waals surface area contributed by atoms with Crippen molar-refractivity contribution in [2.24, 2.45) is 0 Å². The summed E-state index contributed by atoms with van der Waals surface area (Å²) in [6.45, 7) is -0.737. The molecule has 1 aliphatic rings. The van der Waals surface area contributed by atoms with Gasteiger partial charge < -0.3 is 5.32 Å². The largest absolute Gasteiger partial charge is 0.344 e. The second-order valence-corrected chi connectivity index (χ2v) is 11.6. The van der Waals surface area contributed by atoms with Gasteiger partial charge >= 0.3 is 5.92 Å². The molecule has 0 spiro atoms. The van der Waals surface area contributed by atoms with Crippen LogP contribution in [0.25, 0.3) is 16.9 Å². The smallest absolute Gasteiger partial charge is 0.303 e. The Bertz CT molecular complexity index is 1800. The lowest BCUT2D eigenvalue weighted by atomic mass is 10.0. The van der Waals surface area contributed by atoms with Crippen molar-refractivity contribution >= 4 is 15.7 Å². The number of carbonyl (C=O) groups is 1. The van der Waals surface area contributed by atoms with Gasteiger partial charge in [0.1, 0.15) is 11.5 Å². The van der Waals surface area contributed by atoms with Crippen LogP contribution >= 0.6 is 0 Å². The van der Waals surface area contributed by atoms with E-state index in [1.165, 1.54) is 42.3 Å². The fourth-order valence-corrected chi connectivity index (χ4v) is 5.74. The molecule has 16 heteroatoms. The number of nitrogens with one attached hydrogen (secondary N) is 1. The molecule has 1 atom stereocenters. The molecule has 0 radical (unpaired) electrons. The van der Waals surface area contributed by atoms with Gasteiger partial charge in [0.15, 0.2) is 16.5 Å². The monoisotopic (exact) mass is 591 g/mol. The number of hydrogen-bond donors (Lipinski definition) is 1. The molecule has 11 nitrogen and oxygen atoms in total. The van der Waals surface area contributed by atoms with Crippen molar-refractivity contribution in [2.45, 2.75) is 24.9 Å². The first kappa shape index (κ1) is 28.1. The summed E-state index contributed by atoms with van der Waals surface area (Å²) in [5.74, 6) is -6.39. The lowest BCUT2D eigenvalue weighted by Crippen LogP contribution is -2.39. The van der Waals surface area contributed by atoms with Crippen molar-refractivity contribution in [3.05, 3.63) is 88.0 Å². The molecule has 3 aromatic heterocycles. The van der Waals surface area contributed by atoms with Crippen LogP contribution in [0, 0.1) is 5.82 Å². The van der Waals surface area contributed by atoms with Crippen molar-refractivity contribution < 1.29 is 30.8 Å². The van der Waals surface area contributed by atoms with Gasteiger partial charge in [-0.05, 0) is 25.1 Å². The van der Waals surface area contributed by atoms with E-state index in [2.05, 4.69) is 25.7 Å². The molecule has 4 aromatic rings. The van der Waals surface area contributed by atoms with Gasteiger partial charge in [-0.15, -0.1) is 5.10 Å². The molecule has 1 amide bonds. The molecule has 1 N–H and O–H groups in total. The average molecular weight is 592 g/mol. The summed E-state index contributed by atoms with van der Waals surface area (Å²) in [5.41, 5.74) is -1.22. The van der Waals surface area contributed by atoms with E-state index >= 15 is 0 Å². The number of halogens is 4. The highest BCUT2D eigenvalue weighted by Gasteiger charge is 2.37. The van der Waals surface area contributed by atoms with Crippen LogP contribution in [0.1, 0.15) is 40.6 Å². The highest BCUT2D eigenvalue weighted by molar-refractivity contribution is 7.92. The molecule has 5 rings (SSSR count). The molecular weight excluding hydrogens is 570 g/mol. The van der Waals surface area contributed by atoms with E-state index in [9.17, 15) is 35.6 Å². The minimum atomic E-state index is -4.03. The number of amides is 1. The molecule has 1 aliphatic heterocycles. The first-order chi connectivity index (χ1) is 19.4. The lowest BCUT2D eigenvalue weighted by molar-refractivity contribution is -0.0313. The van der Waals surface area contributed by atoms with E-state index in [4.69, 9.17) is 0 Å². The number of nitrogens with zero attached hydrogens (tertiary/aromatic N) is 6. The second-order valence-electron chi connectivity index (χ2n) is 9.44. The van der Waals surface area contributed by atoms with E-state index in [1.807, 2.05) is 0 Å². The highest BCUT2D eigenvalue weighted by Crippen LogP contribution is 2.33. The average Bonchev–Trinajstić information content (AvgIpc) is 3.41. The molecule has 4 heterocycles. The maximum Gasteiger partial charge on any atom is 0.303 e. The minimum Gasteiger partial charge on any atom is -0.344 e. The third-order valence-corrected chi connectivity index (χ3v) is 8.30. The van der Waals surface area contributed by atoms with Crippen LogP contribution in [0.5, 0.6) is 0 Å². The van der Waals surface area contributed by atoms with Crippen molar-refractivity contribution in [3.63, 3.8) is 0 Å². The summed E-state index contributed by atoms with van der Waals surface area (Å²) < 4.78 is 80.8. The number of pyridine rings is 1. The molecule has 1 aromatic carbocycles. The number of aromatic nitrogens is 6. The quantitative estimate of drug-likeness (QED) is 0.308. The van der Waals surface area contributed by atoms with Crippen LogP contribution in [0.4, 0.5) is 17.6 Å². The van der Waals surface area contributed by atoms with Gasteiger partial charge in [-0.25, -0.2) is 21.9 Å². The van der Waals surface area contributed by atoms with E-state index in [0.717, 1.165) is 28.9 Å². The SMILES string of the molecule is C[C@@H](NC(=O)c1ccc(=O)n(-c2cncc(-c3cnnn3C3CS(=O)(=O)C3)c2)n1)c1cccc(C(F)(F)CF)c1F. The Balaban J connectivity index is 1.40. The van der Waals surface area contributed by atoms with Gasteiger partial charge in [-0.2, -0.15) is 18.6 Å². The van der Waals surface area contributed by atoms with Gasteiger partial charge in [-0.3, -0.25) is 14.6 Å². The van der Waals surface area contributed by atoms with E-state index in [1.54, 1.807) is 0 Å². The first-order valence-electron chi connectivity index (χ1n) is 12.1. The van der Waals surface area contributed by atoms with Crippen LogP contribution < -0.4 is 10.9 Å². The number of sulfone groups is 1. The van der Waals surface area contributed by atoms with E-state index in [-0.39, 0.29) is 28.5 Å². The first-order valence-corrected chi connectivity index (χ1v) is 13.9. The normalized spacial score (nSPS) is 15.7. The maximum absolute atomic E-state index is 14.8. The maximum atomic E-state index is 14.8. The lowest BCUT2D eigenvalue weighted by Gasteiger charge is -2.26. The molecular formula is C25H21F4N7O4S. The summed E-state index contributed by atoms with van der Waals surface area (Å²) in [4.78, 5) is 29.7. The zero-order valence-electron chi connectivity index (χ0n) is 21.2. The van der Waals surface area contributed by atoms with Gasteiger partial charge in [0.2, 0.25) is 0 Å². The second kappa shape index (κ2) is 10.5. The van der Waals surface area contributed by atoms with Crippen LogP contribution in [-0.2, 0) is 15.8 Å². The van der Waals surface area contributed by atoms with Crippen LogP contribution in [0.3, 0.4) is 0 Å². The summed E-state index contributed by atoms with van der Waals surface area (Å²) in [7, 11) is -3.13. The molecule has 0 saturated carbocycles. The third-order valence-electron chi connectivity index (χ3n) is 6.51. The third kappa shape index (κ3) is 5.46. The van der Waals surface area contributed by atoms with E-state index in [0.29, 0.717) is 11.3 Å². The molecule has 0 aliphatic carbocycles. The Morgan fingerprint density at radius 3 is 2.63 bits per heavy atom. The zero-order chi connectivity index (χ0) is 29.5. The zero-order valence-corrected chi connectivity index (χ0v) is 22.0. The molecule has 0 bridgehead atoms. The summed E-state index contributed by atoms with van der Waals surface area (Å²) in [5, 5.41) is 14.3.